The minimum Gasteiger partial charge on any atom is -0.477 e. The highest BCUT2D eigenvalue weighted by molar-refractivity contribution is 7.12. The molecule has 1 N–H and O–H groups in total. The summed E-state index contributed by atoms with van der Waals surface area (Å²) in [7, 11) is 0. The van der Waals surface area contributed by atoms with Crippen molar-refractivity contribution < 1.29 is 19.4 Å². The van der Waals surface area contributed by atoms with Crippen molar-refractivity contribution in [3.63, 3.8) is 0 Å². The number of nitrogens with zero attached hydrogens (tertiary/aromatic N) is 1. The first-order valence-corrected chi connectivity index (χ1v) is 5.28. The molecule has 6 heteroatoms. The normalized spacial score (nSPS) is 15.5. The molecule has 0 spiro atoms. The molecule has 0 unspecified atom stereocenters. The number of carbonyl (C=O) groups excluding carboxylic acids is 1. The van der Waals surface area contributed by atoms with Crippen LogP contribution in [-0.4, -0.2) is 35.2 Å². The van der Waals surface area contributed by atoms with Crippen molar-refractivity contribution in [1.29, 1.82) is 0 Å². The molecule has 15 heavy (non-hydrogen) atoms. The van der Waals surface area contributed by atoms with Crippen molar-refractivity contribution in [3.05, 3.63) is 21.9 Å². The van der Waals surface area contributed by atoms with Crippen LogP contribution in [0.25, 0.3) is 0 Å². The van der Waals surface area contributed by atoms with Gasteiger partial charge in [0.05, 0.1) is 13.1 Å². The summed E-state index contributed by atoms with van der Waals surface area (Å²) in [5, 5.41) is 10.6. The summed E-state index contributed by atoms with van der Waals surface area (Å²) in [6, 6.07) is 1.72. The van der Waals surface area contributed by atoms with Crippen LogP contribution < -0.4 is 0 Å². The Labute approximate surface area is 89.9 Å². The lowest BCUT2D eigenvalue weighted by Crippen LogP contribution is -2.24. The zero-order valence-electron chi connectivity index (χ0n) is 7.80. The number of thiophene rings is 1. The SMILES string of the molecule is O=C(O)c1sccc1CN1CCOC1=O. The molecular formula is C9H9NO4S. The van der Waals surface area contributed by atoms with Crippen molar-refractivity contribution in [2.75, 3.05) is 13.2 Å². The zero-order chi connectivity index (χ0) is 10.8. The molecule has 1 aliphatic rings. The summed E-state index contributed by atoms with van der Waals surface area (Å²) in [5.74, 6) is -0.951. The number of hydrogen-bond acceptors (Lipinski definition) is 4. The maximum Gasteiger partial charge on any atom is 0.410 e. The van der Waals surface area contributed by atoms with E-state index in [4.69, 9.17) is 9.84 Å². The Bertz CT molecular complexity index is 401. The Morgan fingerprint density at radius 1 is 1.67 bits per heavy atom. The summed E-state index contributed by atoms with van der Waals surface area (Å²) < 4.78 is 4.76. The largest absolute Gasteiger partial charge is 0.477 e. The number of aromatic carboxylic acids is 1. The minimum absolute atomic E-state index is 0.287. The molecule has 5 nitrogen and oxygen atoms in total. The lowest BCUT2D eigenvalue weighted by Gasteiger charge is -2.11. The van der Waals surface area contributed by atoms with Crippen molar-refractivity contribution in [2.45, 2.75) is 6.54 Å². The quantitative estimate of drug-likeness (QED) is 0.847. The minimum atomic E-state index is -0.951. The van der Waals surface area contributed by atoms with E-state index in [-0.39, 0.29) is 11.0 Å². The molecule has 0 atom stereocenters. The van der Waals surface area contributed by atoms with Gasteiger partial charge >= 0.3 is 12.1 Å². The number of carbonyl (C=O) groups is 2. The molecule has 0 saturated carbocycles. The van der Waals surface area contributed by atoms with Crippen LogP contribution >= 0.6 is 11.3 Å². The van der Waals surface area contributed by atoms with E-state index >= 15 is 0 Å². The van der Waals surface area contributed by atoms with Crippen molar-refractivity contribution in [3.8, 4) is 0 Å². The summed E-state index contributed by atoms with van der Waals surface area (Å²) in [5.41, 5.74) is 0.659. The van der Waals surface area contributed by atoms with Crippen LogP contribution in [0.5, 0.6) is 0 Å². The fourth-order valence-corrected chi connectivity index (χ4v) is 2.18. The molecular weight excluding hydrogens is 218 g/mol. The zero-order valence-corrected chi connectivity index (χ0v) is 8.62. The van der Waals surface area contributed by atoms with Gasteiger partial charge in [-0.25, -0.2) is 9.59 Å². The van der Waals surface area contributed by atoms with Crippen LogP contribution in [0, 0.1) is 0 Å². The molecule has 1 aromatic rings. The van der Waals surface area contributed by atoms with Gasteiger partial charge in [0, 0.05) is 0 Å². The van der Waals surface area contributed by atoms with Gasteiger partial charge in [0.15, 0.2) is 0 Å². The summed E-state index contributed by atoms with van der Waals surface area (Å²) in [6.45, 7) is 1.21. The van der Waals surface area contributed by atoms with Gasteiger partial charge in [-0.15, -0.1) is 11.3 Å². The Kier molecular flexibility index (Phi) is 2.59. The maximum absolute atomic E-state index is 11.1. The fraction of sp³-hybridized carbons (Fsp3) is 0.333. The number of amides is 1. The van der Waals surface area contributed by atoms with Crippen molar-refractivity contribution in [1.82, 2.24) is 4.90 Å². The lowest BCUT2D eigenvalue weighted by atomic mass is 10.2. The molecule has 0 bridgehead atoms. The third kappa shape index (κ3) is 1.94. The standard InChI is InChI=1S/C9H9NO4S/c11-8(12)7-6(1-4-15-7)5-10-2-3-14-9(10)13/h1,4H,2-3,5H2,(H,11,12). The van der Waals surface area contributed by atoms with Gasteiger partial charge in [-0.3, -0.25) is 0 Å². The van der Waals surface area contributed by atoms with E-state index in [9.17, 15) is 9.59 Å². The summed E-state index contributed by atoms with van der Waals surface area (Å²) >= 11 is 1.16. The maximum atomic E-state index is 11.1. The molecule has 80 valence electrons. The van der Waals surface area contributed by atoms with E-state index in [0.717, 1.165) is 11.3 Å². The van der Waals surface area contributed by atoms with Crippen molar-refractivity contribution >= 4 is 23.4 Å². The average Bonchev–Trinajstić information content (AvgIpc) is 2.77. The van der Waals surface area contributed by atoms with E-state index < -0.39 is 5.97 Å². The van der Waals surface area contributed by atoms with E-state index in [2.05, 4.69) is 0 Å². The molecule has 0 aromatic carbocycles. The number of cyclic esters (lactones) is 1. The molecule has 2 rings (SSSR count). The van der Waals surface area contributed by atoms with Crippen molar-refractivity contribution in [2.24, 2.45) is 0 Å². The lowest BCUT2D eigenvalue weighted by molar-refractivity contribution is 0.0700. The molecule has 1 fully saturated rings. The summed E-state index contributed by atoms with van der Waals surface area (Å²) in [4.78, 5) is 23.7. The van der Waals surface area contributed by atoms with E-state index in [1.807, 2.05) is 0 Å². The Morgan fingerprint density at radius 2 is 2.47 bits per heavy atom. The van der Waals surface area contributed by atoms with Gasteiger partial charge in [-0.1, -0.05) is 0 Å². The predicted octanol–water partition coefficient (Wildman–Crippen LogP) is 1.40. The van der Waals surface area contributed by atoms with Gasteiger partial charge in [-0.05, 0) is 17.0 Å². The average molecular weight is 227 g/mol. The predicted molar refractivity (Wildman–Crippen MR) is 53.0 cm³/mol. The molecule has 2 heterocycles. The molecule has 1 aliphatic heterocycles. The van der Waals surface area contributed by atoms with E-state index in [1.165, 1.54) is 4.90 Å². The third-order valence-electron chi connectivity index (χ3n) is 2.15. The smallest absolute Gasteiger partial charge is 0.410 e. The topological polar surface area (TPSA) is 66.8 Å². The fourth-order valence-electron chi connectivity index (χ4n) is 1.42. The Morgan fingerprint density at radius 3 is 3.07 bits per heavy atom. The second-order valence-electron chi connectivity index (χ2n) is 3.12. The molecule has 1 aromatic heterocycles. The van der Waals surface area contributed by atoms with E-state index in [0.29, 0.717) is 25.3 Å². The highest BCUT2D eigenvalue weighted by Crippen LogP contribution is 2.20. The van der Waals surface area contributed by atoms with Gasteiger partial charge in [0.1, 0.15) is 11.5 Å². The van der Waals surface area contributed by atoms with Crippen LogP contribution in [0.15, 0.2) is 11.4 Å². The van der Waals surface area contributed by atoms with Crippen LogP contribution in [0.4, 0.5) is 4.79 Å². The number of ether oxygens (including phenoxy) is 1. The second-order valence-corrected chi connectivity index (χ2v) is 4.03. The Balaban J connectivity index is 2.13. The monoisotopic (exact) mass is 227 g/mol. The number of rotatable bonds is 3. The first-order valence-electron chi connectivity index (χ1n) is 4.40. The highest BCUT2D eigenvalue weighted by atomic mass is 32.1. The molecule has 1 amide bonds. The number of hydrogen-bond donors (Lipinski definition) is 1. The van der Waals surface area contributed by atoms with Crippen LogP contribution in [0.3, 0.4) is 0 Å². The third-order valence-corrected chi connectivity index (χ3v) is 3.09. The first kappa shape index (κ1) is 9.97. The highest BCUT2D eigenvalue weighted by Gasteiger charge is 2.24. The first-order chi connectivity index (χ1) is 7.18. The molecule has 1 saturated heterocycles. The molecule has 0 aliphatic carbocycles. The van der Waals surface area contributed by atoms with Crippen LogP contribution in [0.1, 0.15) is 15.2 Å². The van der Waals surface area contributed by atoms with Gasteiger partial charge in [0.25, 0.3) is 0 Å². The molecule has 0 radical (unpaired) electrons. The summed E-state index contributed by atoms with van der Waals surface area (Å²) in [6.07, 6.45) is -0.377. The Hall–Kier alpha value is -1.56. The van der Waals surface area contributed by atoms with Gasteiger partial charge in [0.2, 0.25) is 0 Å². The van der Waals surface area contributed by atoms with Crippen LogP contribution in [0.2, 0.25) is 0 Å². The second kappa shape index (κ2) is 3.90. The van der Waals surface area contributed by atoms with Gasteiger partial charge in [-0.2, -0.15) is 0 Å². The van der Waals surface area contributed by atoms with E-state index in [1.54, 1.807) is 11.4 Å². The number of carboxylic acids is 1. The van der Waals surface area contributed by atoms with Crippen LogP contribution in [-0.2, 0) is 11.3 Å². The van der Waals surface area contributed by atoms with Gasteiger partial charge < -0.3 is 14.7 Å². The number of carboxylic acid groups (broad SMARTS) is 1.